The normalized spacial score (nSPS) is 26.4. The third kappa shape index (κ3) is 2.90. The Balaban J connectivity index is 2.06. The van der Waals surface area contributed by atoms with Gasteiger partial charge in [0.25, 0.3) is 0 Å². The zero-order valence-corrected chi connectivity index (χ0v) is 12.0. The Labute approximate surface area is 109 Å². The maximum absolute atomic E-state index is 5.71. The summed E-state index contributed by atoms with van der Waals surface area (Å²) in [5, 5.41) is 0. The Morgan fingerprint density at radius 3 is 2.88 bits per heavy atom. The number of rotatable bonds is 3. The van der Waals surface area contributed by atoms with Crippen LogP contribution in [0, 0.1) is 12.8 Å². The molecule has 0 amide bonds. The molecule has 3 heteroatoms. The van der Waals surface area contributed by atoms with Gasteiger partial charge in [-0.3, -0.25) is 4.90 Å². The van der Waals surface area contributed by atoms with E-state index in [0.717, 1.165) is 12.5 Å². The zero-order chi connectivity index (χ0) is 12.4. The highest BCUT2D eigenvalue weighted by atomic mass is 32.1. The van der Waals surface area contributed by atoms with Gasteiger partial charge in [-0.2, -0.15) is 0 Å². The van der Waals surface area contributed by atoms with Crippen molar-refractivity contribution in [2.75, 3.05) is 6.54 Å². The van der Waals surface area contributed by atoms with Crippen LogP contribution in [-0.4, -0.2) is 17.5 Å². The second-order valence-electron chi connectivity index (χ2n) is 5.33. The molecular weight excluding hydrogens is 228 g/mol. The second-order valence-corrected chi connectivity index (χ2v) is 6.67. The Bertz CT molecular complexity index is 372. The largest absolute Gasteiger partial charge is 0.326 e. The molecule has 2 unspecified atom stereocenters. The first-order chi connectivity index (χ1) is 8.11. The SMILES string of the molecule is Cc1sc(CN)cc1CN1CCCC(C)C1C. The summed E-state index contributed by atoms with van der Waals surface area (Å²) in [5.74, 6) is 0.830. The molecule has 17 heavy (non-hydrogen) atoms. The predicted molar refractivity (Wildman–Crippen MR) is 75.2 cm³/mol. The van der Waals surface area contributed by atoms with Crippen molar-refractivity contribution in [2.45, 2.75) is 52.7 Å². The number of thiophene rings is 1. The molecule has 1 aromatic rings. The first-order valence-electron chi connectivity index (χ1n) is 6.64. The lowest BCUT2D eigenvalue weighted by atomic mass is 9.92. The van der Waals surface area contributed by atoms with Crippen LogP contribution < -0.4 is 5.73 Å². The van der Waals surface area contributed by atoms with E-state index >= 15 is 0 Å². The van der Waals surface area contributed by atoms with Crippen LogP contribution in [0.4, 0.5) is 0 Å². The van der Waals surface area contributed by atoms with Crippen molar-refractivity contribution in [3.63, 3.8) is 0 Å². The molecule has 0 aliphatic carbocycles. The molecule has 96 valence electrons. The van der Waals surface area contributed by atoms with Gasteiger partial charge in [0.15, 0.2) is 0 Å². The first-order valence-corrected chi connectivity index (χ1v) is 7.45. The zero-order valence-electron chi connectivity index (χ0n) is 11.2. The van der Waals surface area contributed by atoms with Gasteiger partial charge in [-0.25, -0.2) is 0 Å². The summed E-state index contributed by atoms with van der Waals surface area (Å²) in [5.41, 5.74) is 7.19. The standard InChI is InChI=1S/C14H24N2S/c1-10-5-4-6-16(11(10)2)9-13-7-14(8-15)17-12(13)3/h7,10-11H,4-6,8-9,15H2,1-3H3. The van der Waals surface area contributed by atoms with Crippen LogP contribution in [0.15, 0.2) is 6.07 Å². The van der Waals surface area contributed by atoms with Crippen molar-refractivity contribution in [1.29, 1.82) is 0 Å². The van der Waals surface area contributed by atoms with E-state index in [4.69, 9.17) is 5.73 Å². The van der Waals surface area contributed by atoms with Gasteiger partial charge in [0, 0.05) is 28.9 Å². The summed E-state index contributed by atoms with van der Waals surface area (Å²) in [6.45, 7) is 10.00. The molecule has 1 aromatic heterocycles. The molecule has 2 nitrogen and oxygen atoms in total. The third-order valence-electron chi connectivity index (χ3n) is 4.15. The molecule has 0 aromatic carbocycles. The van der Waals surface area contributed by atoms with Crippen molar-refractivity contribution in [2.24, 2.45) is 11.7 Å². The Kier molecular flexibility index (Phi) is 4.23. The fourth-order valence-corrected chi connectivity index (χ4v) is 3.64. The van der Waals surface area contributed by atoms with E-state index in [9.17, 15) is 0 Å². The Morgan fingerprint density at radius 1 is 1.47 bits per heavy atom. The molecule has 0 saturated carbocycles. The lowest BCUT2D eigenvalue weighted by Crippen LogP contribution is -2.41. The maximum atomic E-state index is 5.71. The molecular formula is C14H24N2S. The Hall–Kier alpha value is -0.380. The van der Waals surface area contributed by atoms with Gasteiger partial charge in [-0.1, -0.05) is 6.92 Å². The molecule has 2 rings (SSSR count). The van der Waals surface area contributed by atoms with Gasteiger partial charge in [0.1, 0.15) is 0 Å². The molecule has 1 aliphatic heterocycles. The molecule has 2 atom stereocenters. The molecule has 1 saturated heterocycles. The topological polar surface area (TPSA) is 29.3 Å². The monoisotopic (exact) mass is 252 g/mol. The molecule has 1 fully saturated rings. The second kappa shape index (κ2) is 5.51. The van der Waals surface area contributed by atoms with Crippen molar-refractivity contribution in [3.05, 3.63) is 21.4 Å². The number of nitrogens with two attached hydrogens (primary N) is 1. The van der Waals surface area contributed by atoms with Crippen LogP contribution in [0.25, 0.3) is 0 Å². The van der Waals surface area contributed by atoms with Gasteiger partial charge in [-0.05, 0) is 50.8 Å². The molecule has 2 heterocycles. The number of hydrogen-bond donors (Lipinski definition) is 1. The average molecular weight is 252 g/mol. The van der Waals surface area contributed by atoms with Gasteiger partial charge >= 0.3 is 0 Å². The quantitative estimate of drug-likeness (QED) is 0.895. The van der Waals surface area contributed by atoms with Crippen LogP contribution >= 0.6 is 11.3 Å². The van der Waals surface area contributed by atoms with Gasteiger partial charge in [-0.15, -0.1) is 11.3 Å². The van der Waals surface area contributed by atoms with Crippen molar-refractivity contribution in [1.82, 2.24) is 4.90 Å². The molecule has 0 bridgehead atoms. The average Bonchev–Trinajstić information content (AvgIpc) is 2.66. The lowest BCUT2D eigenvalue weighted by Gasteiger charge is -2.37. The Morgan fingerprint density at radius 2 is 2.24 bits per heavy atom. The van der Waals surface area contributed by atoms with Crippen LogP contribution in [0.1, 0.15) is 42.0 Å². The summed E-state index contributed by atoms with van der Waals surface area (Å²) in [4.78, 5) is 5.38. The third-order valence-corrected chi connectivity index (χ3v) is 5.27. The fourth-order valence-electron chi connectivity index (χ4n) is 2.71. The van der Waals surface area contributed by atoms with E-state index in [0.29, 0.717) is 12.6 Å². The summed E-state index contributed by atoms with van der Waals surface area (Å²) in [6, 6.07) is 3.01. The number of piperidine rings is 1. The van der Waals surface area contributed by atoms with E-state index < -0.39 is 0 Å². The van der Waals surface area contributed by atoms with Crippen LogP contribution in [0.5, 0.6) is 0 Å². The smallest absolute Gasteiger partial charge is 0.0274 e. The summed E-state index contributed by atoms with van der Waals surface area (Å²) >= 11 is 1.85. The number of nitrogens with zero attached hydrogens (tertiary/aromatic N) is 1. The minimum absolute atomic E-state index is 0.678. The lowest BCUT2D eigenvalue weighted by molar-refractivity contribution is 0.106. The number of hydrogen-bond acceptors (Lipinski definition) is 3. The maximum Gasteiger partial charge on any atom is 0.0274 e. The minimum Gasteiger partial charge on any atom is -0.326 e. The predicted octanol–water partition coefficient (Wildman–Crippen LogP) is 3.14. The molecule has 0 radical (unpaired) electrons. The van der Waals surface area contributed by atoms with Crippen molar-refractivity contribution >= 4 is 11.3 Å². The highest BCUT2D eigenvalue weighted by Crippen LogP contribution is 2.28. The van der Waals surface area contributed by atoms with Gasteiger partial charge in [0.2, 0.25) is 0 Å². The van der Waals surface area contributed by atoms with E-state index in [1.807, 2.05) is 11.3 Å². The highest BCUT2D eigenvalue weighted by Gasteiger charge is 2.25. The van der Waals surface area contributed by atoms with E-state index in [1.165, 1.54) is 34.7 Å². The van der Waals surface area contributed by atoms with Crippen molar-refractivity contribution in [3.8, 4) is 0 Å². The number of aryl methyl sites for hydroxylation is 1. The van der Waals surface area contributed by atoms with Crippen LogP contribution in [0.3, 0.4) is 0 Å². The fraction of sp³-hybridized carbons (Fsp3) is 0.714. The van der Waals surface area contributed by atoms with Gasteiger partial charge in [0.05, 0.1) is 0 Å². The highest BCUT2D eigenvalue weighted by molar-refractivity contribution is 7.12. The van der Waals surface area contributed by atoms with Crippen LogP contribution in [0.2, 0.25) is 0 Å². The number of likely N-dealkylation sites (tertiary alicyclic amines) is 1. The van der Waals surface area contributed by atoms with E-state index in [1.54, 1.807) is 0 Å². The molecule has 0 spiro atoms. The van der Waals surface area contributed by atoms with Gasteiger partial charge < -0.3 is 5.73 Å². The molecule has 2 N–H and O–H groups in total. The van der Waals surface area contributed by atoms with Crippen molar-refractivity contribution < 1.29 is 0 Å². The first kappa shape index (κ1) is 13.1. The summed E-state index contributed by atoms with van der Waals surface area (Å²) < 4.78 is 0. The minimum atomic E-state index is 0.678. The van der Waals surface area contributed by atoms with Crippen LogP contribution in [-0.2, 0) is 13.1 Å². The summed E-state index contributed by atoms with van der Waals surface area (Å²) in [7, 11) is 0. The van der Waals surface area contributed by atoms with E-state index in [-0.39, 0.29) is 0 Å². The summed E-state index contributed by atoms with van der Waals surface area (Å²) in [6.07, 6.45) is 2.73. The van der Waals surface area contributed by atoms with E-state index in [2.05, 4.69) is 31.7 Å². The molecule has 1 aliphatic rings.